The van der Waals surface area contributed by atoms with Crippen LogP contribution in [0, 0.1) is 6.92 Å². The van der Waals surface area contributed by atoms with Crippen LogP contribution in [0.2, 0.25) is 0 Å². The highest BCUT2D eigenvalue weighted by molar-refractivity contribution is 9.11. The summed E-state index contributed by atoms with van der Waals surface area (Å²) in [6.07, 6.45) is 1.75. The van der Waals surface area contributed by atoms with E-state index in [4.69, 9.17) is 4.74 Å². The largest absolute Gasteiger partial charge is 0.378 e. The molecule has 1 aromatic heterocycles. The molecular weight excluding hydrogens is 350 g/mol. The third-order valence-corrected chi connectivity index (χ3v) is 7.72. The first-order valence-electron chi connectivity index (χ1n) is 6.33. The van der Waals surface area contributed by atoms with Gasteiger partial charge in [0.1, 0.15) is 4.21 Å². The number of nitrogens with zero attached hydrogens (tertiary/aromatic N) is 1. The second-order valence-corrected chi connectivity index (χ2v) is 9.12. The number of thiophene rings is 1. The van der Waals surface area contributed by atoms with Gasteiger partial charge in [0, 0.05) is 19.7 Å². The summed E-state index contributed by atoms with van der Waals surface area (Å²) in [7, 11) is -3.34. The van der Waals surface area contributed by atoms with Gasteiger partial charge in [-0.3, -0.25) is 0 Å². The molecule has 0 aliphatic carbocycles. The molecule has 19 heavy (non-hydrogen) atoms. The average molecular weight is 368 g/mol. The molecule has 1 aromatic rings. The normalized spacial score (nSPS) is 18.9. The van der Waals surface area contributed by atoms with E-state index < -0.39 is 10.0 Å². The van der Waals surface area contributed by atoms with Crippen molar-refractivity contribution in [1.29, 1.82) is 0 Å². The smallest absolute Gasteiger partial charge is 0.252 e. The van der Waals surface area contributed by atoms with E-state index >= 15 is 0 Å². The molecule has 4 nitrogen and oxygen atoms in total. The maximum atomic E-state index is 12.5. The molecule has 1 fully saturated rings. The first kappa shape index (κ1) is 15.4. The van der Waals surface area contributed by atoms with Gasteiger partial charge in [-0.2, -0.15) is 4.31 Å². The minimum Gasteiger partial charge on any atom is -0.378 e. The van der Waals surface area contributed by atoms with Gasteiger partial charge < -0.3 is 4.74 Å². The van der Waals surface area contributed by atoms with Crippen molar-refractivity contribution in [2.75, 3.05) is 19.7 Å². The monoisotopic (exact) mass is 367 g/mol. The Hall–Kier alpha value is 0.0500. The molecule has 0 amide bonds. The highest BCUT2D eigenvalue weighted by Gasteiger charge is 2.31. The summed E-state index contributed by atoms with van der Waals surface area (Å²) in [4.78, 5) is 0. The molecule has 0 radical (unpaired) electrons. The van der Waals surface area contributed by atoms with Crippen LogP contribution in [0.4, 0.5) is 0 Å². The fraction of sp³-hybridized carbons (Fsp3) is 0.667. The Morgan fingerprint density at radius 3 is 2.58 bits per heavy atom. The summed E-state index contributed by atoms with van der Waals surface area (Å²) in [5, 5.41) is 0. The van der Waals surface area contributed by atoms with Crippen molar-refractivity contribution in [2.24, 2.45) is 0 Å². The van der Waals surface area contributed by atoms with Crippen LogP contribution in [0.3, 0.4) is 0 Å². The summed E-state index contributed by atoms with van der Waals surface area (Å²) in [5.74, 6) is 0. The molecule has 2 heterocycles. The lowest BCUT2D eigenvalue weighted by atomic mass is 10.1. The molecule has 1 aliphatic rings. The first-order chi connectivity index (χ1) is 8.95. The lowest BCUT2D eigenvalue weighted by Gasteiger charge is -2.30. The highest BCUT2D eigenvalue weighted by atomic mass is 79.9. The molecule has 0 unspecified atom stereocenters. The molecule has 108 valence electrons. The second-order valence-electron chi connectivity index (χ2n) is 4.58. The molecule has 1 saturated heterocycles. The van der Waals surface area contributed by atoms with Crippen molar-refractivity contribution >= 4 is 37.3 Å². The Morgan fingerprint density at radius 2 is 2.11 bits per heavy atom. The Balaban J connectivity index is 2.09. The van der Waals surface area contributed by atoms with E-state index in [1.54, 1.807) is 10.4 Å². The SMILES string of the molecule is CCOC1CCN(S(=O)(=O)c2cc(C)c(Br)s2)CC1. The quantitative estimate of drug-likeness (QED) is 0.821. The summed E-state index contributed by atoms with van der Waals surface area (Å²) >= 11 is 4.66. The number of hydrogen-bond donors (Lipinski definition) is 0. The van der Waals surface area contributed by atoms with Crippen molar-refractivity contribution in [3.05, 3.63) is 15.4 Å². The molecule has 0 aromatic carbocycles. The standard InChI is InChI=1S/C12H18BrNO3S2/c1-3-17-10-4-6-14(7-5-10)19(15,16)11-8-9(2)12(13)18-11/h8,10H,3-7H2,1-2H3. The van der Waals surface area contributed by atoms with Crippen LogP contribution in [0.25, 0.3) is 0 Å². The summed E-state index contributed by atoms with van der Waals surface area (Å²) < 4.78 is 33.4. The van der Waals surface area contributed by atoms with Crippen LogP contribution < -0.4 is 0 Å². The number of hydrogen-bond acceptors (Lipinski definition) is 4. The van der Waals surface area contributed by atoms with Crippen LogP contribution in [0.15, 0.2) is 14.1 Å². The summed E-state index contributed by atoms with van der Waals surface area (Å²) in [6, 6.07) is 1.73. The van der Waals surface area contributed by atoms with Crippen LogP contribution in [-0.2, 0) is 14.8 Å². The second kappa shape index (κ2) is 6.22. The number of sulfonamides is 1. The number of rotatable bonds is 4. The van der Waals surface area contributed by atoms with E-state index in [0.717, 1.165) is 22.2 Å². The van der Waals surface area contributed by atoms with Crippen molar-refractivity contribution in [3.8, 4) is 0 Å². The van der Waals surface area contributed by atoms with Gasteiger partial charge in [0.15, 0.2) is 0 Å². The van der Waals surface area contributed by atoms with E-state index in [9.17, 15) is 8.42 Å². The molecule has 0 atom stereocenters. The molecule has 0 saturated carbocycles. The van der Waals surface area contributed by atoms with Crippen molar-refractivity contribution in [2.45, 2.75) is 37.0 Å². The number of piperidine rings is 1. The van der Waals surface area contributed by atoms with Gasteiger partial charge in [-0.1, -0.05) is 0 Å². The number of halogens is 1. The van der Waals surface area contributed by atoms with Gasteiger partial charge in [0.05, 0.1) is 9.89 Å². The molecule has 0 bridgehead atoms. The van der Waals surface area contributed by atoms with Gasteiger partial charge >= 0.3 is 0 Å². The van der Waals surface area contributed by atoms with Gasteiger partial charge in [-0.15, -0.1) is 11.3 Å². The minimum absolute atomic E-state index is 0.202. The van der Waals surface area contributed by atoms with E-state index in [-0.39, 0.29) is 6.10 Å². The topological polar surface area (TPSA) is 46.6 Å². The van der Waals surface area contributed by atoms with Gasteiger partial charge in [-0.25, -0.2) is 8.42 Å². The van der Waals surface area contributed by atoms with Crippen LogP contribution in [0.5, 0.6) is 0 Å². The molecule has 2 rings (SSSR count). The number of ether oxygens (including phenoxy) is 1. The lowest BCUT2D eigenvalue weighted by molar-refractivity contribution is 0.0290. The molecule has 7 heteroatoms. The molecule has 0 spiro atoms. The highest BCUT2D eigenvalue weighted by Crippen LogP contribution is 2.33. The zero-order chi connectivity index (χ0) is 14.0. The predicted molar refractivity (Wildman–Crippen MR) is 80.2 cm³/mol. The summed E-state index contributed by atoms with van der Waals surface area (Å²) in [5.41, 5.74) is 0.966. The minimum atomic E-state index is -3.34. The Bertz CT molecular complexity index is 514. The maximum absolute atomic E-state index is 12.5. The fourth-order valence-corrected chi connectivity index (χ4v) is 6.01. The first-order valence-corrected chi connectivity index (χ1v) is 9.37. The van der Waals surface area contributed by atoms with Crippen LogP contribution >= 0.6 is 27.3 Å². The van der Waals surface area contributed by atoms with Gasteiger partial charge in [-0.05, 0) is 54.2 Å². The molecule has 1 aliphatic heterocycles. The maximum Gasteiger partial charge on any atom is 0.252 e. The van der Waals surface area contributed by atoms with E-state index in [2.05, 4.69) is 15.9 Å². The predicted octanol–water partition coefficient (Wildman–Crippen LogP) is 3.01. The zero-order valence-electron chi connectivity index (χ0n) is 11.1. The Labute approximate surface area is 126 Å². The zero-order valence-corrected chi connectivity index (χ0v) is 14.3. The van der Waals surface area contributed by atoms with Crippen LogP contribution in [-0.4, -0.2) is 38.5 Å². The third kappa shape index (κ3) is 3.39. The average Bonchev–Trinajstić information content (AvgIpc) is 2.71. The van der Waals surface area contributed by atoms with Crippen molar-refractivity contribution in [3.63, 3.8) is 0 Å². The lowest BCUT2D eigenvalue weighted by Crippen LogP contribution is -2.40. The van der Waals surface area contributed by atoms with E-state index in [1.807, 2.05) is 13.8 Å². The Kier molecular flexibility index (Phi) is 5.05. The van der Waals surface area contributed by atoms with E-state index in [1.165, 1.54) is 11.3 Å². The van der Waals surface area contributed by atoms with Gasteiger partial charge in [0.25, 0.3) is 10.0 Å². The number of aryl methyl sites for hydroxylation is 1. The van der Waals surface area contributed by atoms with E-state index in [0.29, 0.717) is 23.9 Å². The molecule has 0 N–H and O–H groups in total. The van der Waals surface area contributed by atoms with Crippen molar-refractivity contribution in [1.82, 2.24) is 4.31 Å². The summed E-state index contributed by atoms with van der Waals surface area (Å²) in [6.45, 7) is 5.65. The van der Waals surface area contributed by atoms with Crippen LogP contribution in [0.1, 0.15) is 25.3 Å². The third-order valence-electron chi connectivity index (χ3n) is 3.23. The van der Waals surface area contributed by atoms with Crippen molar-refractivity contribution < 1.29 is 13.2 Å². The molecular formula is C12H18BrNO3S2. The van der Waals surface area contributed by atoms with Gasteiger partial charge in [0.2, 0.25) is 0 Å². The fourth-order valence-electron chi connectivity index (χ4n) is 2.16. The Morgan fingerprint density at radius 1 is 1.47 bits per heavy atom.